The van der Waals surface area contributed by atoms with Crippen molar-refractivity contribution < 1.29 is 0 Å². The molecule has 1 atom stereocenters. The highest BCUT2D eigenvalue weighted by molar-refractivity contribution is 5.50. The number of benzene rings is 1. The molecular weight excluding hydrogens is 490 g/mol. The Hall–Kier alpha value is -3.18. The minimum Gasteiger partial charge on any atom is -0.405 e. The van der Waals surface area contributed by atoms with E-state index in [9.17, 15) is 0 Å². The van der Waals surface area contributed by atoms with Crippen molar-refractivity contribution in [2.24, 2.45) is 22.8 Å². The third-order valence-electron chi connectivity index (χ3n) is 8.24. The second kappa shape index (κ2) is 17.5. The Kier molecular flexibility index (Phi) is 14.4. The molecule has 0 saturated heterocycles. The average molecular weight is 546 g/mol. The van der Waals surface area contributed by atoms with Crippen LogP contribution in [0.4, 0.5) is 5.69 Å². The molecule has 6 N–H and O–H groups in total. The van der Waals surface area contributed by atoms with E-state index in [0.29, 0.717) is 5.92 Å². The first-order valence-electron chi connectivity index (χ1n) is 15.2. The zero-order chi connectivity index (χ0) is 29.4. The average Bonchev–Trinajstić information content (AvgIpc) is 3.23. The minimum atomic E-state index is 0.0809. The maximum absolute atomic E-state index is 5.85. The second-order valence-electron chi connectivity index (χ2n) is 11.1. The van der Waals surface area contributed by atoms with Gasteiger partial charge in [-0.05, 0) is 93.9 Å². The summed E-state index contributed by atoms with van der Waals surface area (Å²) in [5, 5.41) is 9.50. The summed E-state index contributed by atoms with van der Waals surface area (Å²) >= 11 is 0. The van der Waals surface area contributed by atoms with Crippen LogP contribution in [0.1, 0.15) is 76.7 Å². The number of hydrogen-bond acceptors (Lipinski definition) is 4. The van der Waals surface area contributed by atoms with Gasteiger partial charge in [0.05, 0.1) is 0 Å². The second-order valence-corrected chi connectivity index (χ2v) is 11.1. The van der Waals surface area contributed by atoms with E-state index in [2.05, 4.69) is 85.0 Å². The van der Waals surface area contributed by atoms with Crippen molar-refractivity contribution in [3.8, 4) is 0 Å². The quantitative estimate of drug-likeness (QED) is 0.169. The molecule has 220 valence electrons. The van der Waals surface area contributed by atoms with Crippen LogP contribution in [-0.2, 0) is 13.0 Å². The first-order valence-corrected chi connectivity index (χ1v) is 15.2. The number of nitrogens with one attached hydrogen (secondary N) is 2. The maximum Gasteiger partial charge on any atom is 0.0381 e. The molecule has 1 aliphatic rings. The predicted molar refractivity (Wildman–Crippen MR) is 176 cm³/mol. The SMILES string of the molecule is C=C(Nc1ccc(CCC)cc1)[C@H](CCCCN)C1(C(=C)NCCCCCn2c(=C)ccc2=C)CCC1.C=CN. The number of unbranched alkanes of at least 4 members (excludes halogenated alkanes) is 3. The van der Waals surface area contributed by atoms with Gasteiger partial charge in [0.25, 0.3) is 0 Å². The van der Waals surface area contributed by atoms with Gasteiger partial charge in [0.15, 0.2) is 0 Å². The lowest BCUT2D eigenvalue weighted by Gasteiger charge is -2.50. The Labute approximate surface area is 243 Å². The lowest BCUT2D eigenvalue weighted by molar-refractivity contribution is 0.0991. The molecule has 0 aliphatic heterocycles. The van der Waals surface area contributed by atoms with Crippen LogP contribution in [0.2, 0.25) is 0 Å². The van der Waals surface area contributed by atoms with E-state index in [4.69, 9.17) is 5.73 Å². The molecule has 1 saturated carbocycles. The summed E-state index contributed by atoms with van der Waals surface area (Å²) in [6.07, 6.45) is 13.9. The highest BCUT2D eigenvalue weighted by Gasteiger charge is 2.47. The first-order chi connectivity index (χ1) is 19.3. The van der Waals surface area contributed by atoms with Gasteiger partial charge in [-0.1, -0.05) is 71.2 Å². The summed E-state index contributed by atoms with van der Waals surface area (Å²) < 4.78 is 2.21. The van der Waals surface area contributed by atoms with Crippen LogP contribution < -0.4 is 32.8 Å². The largest absolute Gasteiger partial charge is 0.405 e. The molecule has 1 aliphatic carbocycles. The Morgan fingerprint density at radius 3 is 2.20 bits per heavy atom. The summed E-state index contributed by atoms with van der Waals surface area (Å²) in [5.41, 5.74) is 15.4. The van der Waals surface area contributed by atoms with Gasteiger partial charge in [-0.2, -0.15) is 0 Å². The summed E-state index contributed by atoms with van der Waals surface area (Å²) in [4.78, 5) is 0. The standard InChI is InChI=1S/C33H50N4.C2H5N/c1-6-13-30-17-19-31(20-18-30)36-28(4)32(14-8-9-23-34)33(21-12-22-33)29(5)35-24-10-7-11-25-37-26(2)15-16-27(37)3;1-2-3/h15-20,32,35-36H,2-14,21-25,34H2,1H3;2H,1,3H2/t32-;/m0./s1. The molecule has 1 fully saturated rings. The molecule has 40 heavy (non-hydrogen) atoms. The molecule has 3 rings (SSSR count). The van der Waals surface area contributed by atoms with Crippen molar-refractivity contribution in [2.45, 2.75) is 84.1 Å². The van der Waals surface area contributed by atoms with Gasteiger partial charge in [0.1, 0.15) is 0 Å². The van der Waals surface area contributed by atoms with Crippen molar-refractivity contribution in [3.05, 3.63) is 90.0 Å². The highest BCUT2D eigenvalue weighted by Crippen LogP contribution is 2.55. The number of nitrogens with two attached hydrogens (primary N) is 2. The molecule has 0 bridgehead atoms. The number of hydrogen-bond donors (Lipinski definition) is 4. The molecule has 1 aromatic carbocycles. The Morgan fingerprint density at radius 2 is 1.65 bits per heavy atom. The molecule has 2 aromatic rings. The van der Waals surface area contributed by atoms with Crippen LogP contribution in [0.15, 0.2) is 73.7 Å². The summed E-state index contributed by atoms with van der Waals surface area (Å²) in [5.74, 6) is 0.350. The van der Waals surface area contributed by atoms with Gasteiger partial charge in [-0.25, -0.2) is 0 Å². The van der Waals surface area contributed by atoms with Crippen LogP contribution in [0.5, 0.6) is 0 Å². The first kappa shape index (κ1) is 33.0. The normalized spacial score (nSPS) is 14.2. The van der Waals surface area contributed by atoms with E-state index in [0.717, 1.165) is 80.2 Å². The van der Waals surface area contributed by atoms with Gasteiger partial charge in [-0.3, -0.25) is 0 Å². The van der Waals surface area contributed by atoms with Crippen LogP contribution in [0.3, 0.4) is 0 Å². The molecule has 1 aromatic heterocycles. The van der Waals surface area contributed by atoms with Gasteiger partial charge >= 0.3 is 0 Å². The zero-order valence-corrected chi connectivity index (χ0v) is 25.2. The topological polar surface area (TPSA) is 81.0 Å². The summed E-state index contributed by atoms with van der Waals surface area (Å²) in [6, 6.07) is 12.9. The fraction of sp³-hybridized carbons (Fsp3) is 0.486. The molecular formula is C35H55N5. The lowest BCUT2D eigenvalue weighted by atomic mass is 9.57. The van der Waals surface area contributed by atoms with Crippen molar-refractivity contribution in [1.29, 1.82) is 0 Å². The smallest absolute Gasteiger partial charge is 0.0381 e. The predicted octanol–water partition coefficient (Wildman–Crippen LogP) is 6.16. The molecule has 0 radical (unpaired) electrons. The number of rotatable bonds is 18. The highest BCUT2D eigenvalue weighted by atomic mass is 15.0. The van der Waals surface area contributed by atoms with Crippen LogP contribution >= 0.6 is 0 Å². The number of aromatic nitrogens is 1. The Balaban J connectivity index is 0.00000178. The fourth-order valence-electron chi connectivity index (χ4n) is 5.84. The van der Waals surface area contributed by atoms with Crippen molar-refractivity contribution in [1.82, 2.24) is 9.88 Å². The van der Waals surface area contributed by atoms with Crippen LogP contribution in [0, 0.1) is 11.3 Å². The molecule has 0 amide bonds. The summed E-state index contributed by atoms with van der Waals surface area (Å²) in [6.45, 7) is 25.4. The van der Waals surface area contributed by atoms with Crippen molar-refractivity contribution >= 4 is 18.8 Å². The van der Waals surface area contributed by atoms with E-state index in [-0.39, 0.29) is 5.41 Å². The molecule has 1 heterocycles. The van der Waals surface area contributed by atoms with Gasteiger partial charge < -0.3 is 26.7 Å². The molecule has 0 spiro atoms. The van der Waals surface area contributed by atoms with Gasteiger partial charge in [-0.15, -0.1) is 0 Å². The Bertz CT molecular complexity index is 1110. The maximum atomic E-state index is 5.85. The van der Waals surface area contributed by atoms with Gasteiger partial charge in [0, 0.05) is 52.2 Å². The number of allylic oxidation sites excluding steroid dienone is 2. The number of anilines is 1. The monoisotopic (exact) mass is 545 g/mol. The van der Waals surface area contributed by atoms with Gasteiger partial charge in [0.2, 0.25) is 0 Å². The van der Waals surface area contributed by atoms with E-state index in [1.165, 1.54) is 49.6 Å². The number of aryl methyl sites for hydroxylation is 1. The van der Waals surface area contributed by atoms with Crippen LogP contribution in [0.25, 0.3) is 13.2 Å². The lowest BCUT2D eigenvalue weighted by Crippen LogP contribution is -2.45. The summed E-state index contributed by atoms with van der Waals surface area (Å²) in [7, 11) is 0. The van der Waals surface area contributed by atoms with Crippen LogP contribution in [-0.4, -0.2) is 17.7 Å². The Morgan fingerprint density at radius 1 is 1.00 bits per heavy atom. The number of nitrogens with zero attached hydrogens (tertiary/aromatic N) is 1. The van der Waals surface area contributed by atoms with Crippen molar-refractivity contribution in [2.75, 3.05) is 18.4 Å². The third kappa shape index (κ3) is 9.48. The molecule has 5 nitrogen and oxygen atoms in total. The third-order valence-corrected chi connectivity index (χ3v) is 8.24. The molecule has 0 unspecified atom stereocenters. The fourth-order valence-corrected chi connectivity index (χ4v) is 5.84. The molecule has 5 heteroatoms. The van der Waals surface area contributed by atoms with E-state index in [1.807, 2.05) is 12.1 Å². The minimum absolute atomic E-state index is 0.0809. The van der Waals surface area contributed by atoms with E-state index >= 15 is 0 Å². The van der Waals surface area contributed by atoms with E-state index < -0.39 is 0 Å². The zero-order valence-electron chi connectivity index (χ0n) is 25.2. The van der Waals surface area contributed by atoms with Crippen molar-refractivity contribution in [3.63, 3.8) is 0 Å². The van der Waals surface area contributed by atoms with E-state index in [1.54, 1.807) is 0 Å².